The Bertz CT molecular complexity index is 315. The van der Waals surface area contributed by atoms with Crippen LogP contribution in [0.3, 0.4) is 0 Å². The molecule has 1 amide bonds. The van der Waals surface area contributed by atoms with Gasteiger partial charge >= 0.3 is 5.97 Å². The molecule has 0 aliphatic carbocycles. The average Bonchev–Trinajstić information content (AvgIpc) is 2.24. The van der Waals surface area contributed by atoms with Crippen LogP contribution in [0.5, 0.6) is 0 Å². The minimum atomic E-state index is -0.939. The Balaban J connectivity index is 2.96. The number of rotatable bonds is 3. The van der Waals surface area contributed by atoms with Gasteiger partial charge in [0.05, 0.1) is 6.04 Å². The van der Waals surface area contributed by atoms with E-state index in [9.17, 15) is 14.7 Å². The molecule has 0 saturated carbocycles. The van der Waals surface area contributed by atoms with E-state index >= 15 is 0 Å². The monoisotopic (exact) mass is 242 g/mol. The second kappa shape index (κ2) is 5.04. The standard InChI is InChI=1S/C12H22N2O3/c1-4-8(13)10(15)14-7-5-6-12(2,3)9(14)11(16)17/h8-9H,4-7,13H2,1-3H3,(H,16,17)/t8-,9?/m0/s1. The SMILES string of the molecule is CC[C@H](N)C(=O)N1CCCC(C)(C)C1C(=O)O. The quantitative estimate of drug-likeness (QED) is 0.767. The van der Waals surface area contributed by atoms with Gasteiger partial charge in [0.25, 0.3) is 0 Å². The summed E-state index contributed by atoms with van der Waals surface area (Å²) in [5.41, 5.74) is 5.32. The van der Waals surface area contributed by atoms with Crippen LogP contribution in [-0.4, -0.2) is 40.5 Å². The van der Waals surface area contributed by atoms with Crippen LogP contribution in [0.25, 0.3) is 0 Å². The highest BCUT2D eigenvalue weighted by Gasteiger charge is 2.45. The number of aliphatic carboxylic acids is 1. The van der Waals surface area contributed by atoms with Crippen molar-refractivity contribution in [1.29, 1.82) is 0 Å². The summed E-state index contributed by atoms with van der Waals surface area (Å²) < 4.78 is 0. The van der Waals surface area contributed by atoms with Gasteiger partial charge in [0.1, 0.15) is 6.04 Å². The van der Waals surface area contributed by atoms with Crippen LogP contribution >= 0.6 is 0 Å². The molecule has 1 heterocycles. The fourth-order valence-corrected chi connectivity index (χ4v) is 2.49. The third-order valence-electron chi connectivity index (χ3n) is 3.55. The number of nitrogens with two attached hydrogens (primary N) is 1. The highest BCUT2D eigenvalue weighted by atomic mass is 16.4. The predicted molar refractivity (Wildman–Crippen MR) is 64.4 cm³/mol. The predicted octanol–water partition coefficient (Wildman–Crippen LogP) is 0.825. The highest BCUT2D eigenvalue weighted by molar-refractivity contribution is 5.87. The number of piperidine rings is 1. The van der Waals surface area contributed by atoms with Gasteiger partial charge in [-0.15, -0.1) is 0 Å². The maximum atomic E-state index is 12.1. The highest BCUT2D eigenvalue weighted by Crippen LogP contribution is 2.35. The summed E-state index contributed by atoms with van der Waals surface area (Å²) in [6, 6.07) is -1.35. The van der Waals surface area contributed by atoms with Crippen molar-refractivity contribution in [1.82, 2.24) is 4.90 Å². The van der Waals surface area contributed by atoms with E-state index in [0.29, 0.717) is 13.0 Å². The minimum absolute atomic E-state index is 0.243. The zero-order valence-electron chi connectivity index (χ0n) is 10.8. The zero-order chi connectivity index (χ0) is 13.2. The zero-order valence-corrected chi connectivity index (χ0v) is 10.8. The Hall–Kier alpha value is -1.10. The van der Waals surface area contributed by atoms with Crippen molar-refractivity contribution in [2.24, 2.45) is 11.1 Å². The Labute approximate surface area is 102 Å². The molecule has 5 heteroatoms. The molecule has 1 aliphatic heterocycles. The molecule has 0 aromatic heterocycles. The molecule has 1 saturated heterocycles. The number of carboxylic acid groups (broad SMARTS) is 1. The smallest absolute Gasteiger partial charge is 0.326 e. The lowest BCUT2D eigenvalue weighted by Crippen LogP contribution is -2.59. The summed E-state index contributed by atoms with van der Waals surface area (Å²) in [6.45, 7) is 6.10. The van der Waals surface area contributed by atoms with Gasteiger partial charge in [0.2, 0.25) is 5.91 Å². The fourth-order valence-electron chi connectivity index (χ4n) is 2.49. The molecule has 5 nitrogen and oxygen atoms in total. The number of hydrogen-bond donors (Lipinski definition) is 2. The lowest BCUT2D eigenvalue weighted by atomic mass is 9.76. The van der Waals surface area contributed by atoms with Gasteiger partial charge < -0.3 is 15.7 Å². The van der Waals surface area contributed by atoms with E-state index in [2.05, 4.69) is 0 Å². The molecule has 3 N–H and O–H groups in total. The number of hydrogen-bond acceptors (Lipinski definition) is 3. The van der Waals surface area contributed by atoms with E-state index in [1.54, 1.807) is 0 Å². The largest absolute Gasteiger partial charge is 0.480 e. The molecule has 1 fully saturated rings. The van der Waals surface area contributed by atoms with E-state index in [0.717, 1.165) is 12.8 Å². The molecule has 98 valence electrons. The molecule has 0 spiro atoms. The number of carbonyl (C=O) groups is 2. The van der Waals surface area contributed by atoms with Gasteiger partial charge in [-0.25, -0.2) is 4.79 Å². The maximum Gasteiger partial charge on any atom is 0.326 e. The third-order valence-corrected chi connectivity index (χ3v) is 3.55. The van der Waals surface area contributed by atoms with Crippen LogP contribution in [-0.2, 0) is 9.59 Å². The van der Waals surface area contributed by atoms with Crippen molar-refractivity contribution < 1.29 is 14.7 Å². The maximum absolute atomic E-state index is 12.1. The molecule has 0 aromatic carbocycles. The van der Waals surface area contributed by atoms with Crippen LogP contribution in [0, 0.1) is 5.41 Å². The third kappa shape index (κ3) is 2.77. The number of amides is 1. The van der Waals surface area contributed by atoms with Gasteiger partial charge in [-0.1, -0.05) is 20.8 Å². The van der Waals surface area contributed by atoms with E-state index in [4.69, 9.17) is 5.73 Å². The van der Waals surface area contributed by atoms with Gasteiger partial charge in [-0.05, 0) is 24.7 Å². The van der Waals surface area contributed by atoms with E-state index in [1.165, 1.54) is 4.90 Å². The molecule has 1 aliphatic rings. The summed E-state index contributed by atoms with van der Waals surface area (Å²) in [6.07, 6.45) is 2.18. The topological polar surface area (TPSA) is 83.6 Å². The van der Waals surface area contributed by atoms with E-state index < -0.39 is 23.5 Å². The van der Waals surface area contributed by atoms with Crippen LogP contribution in [0.1, 0.15) is 40.0 Å². The van der Waals surface area contributed by atoms with Crippen LogP contribution in [0.15, 0.2) is 0 Å². The number of carbonyl (C=O) groups excluding carboxylic acids is 1. The second-order valence-electron chi connectivity index (χ2n) is 5.38. The molecule has 0 aromatic rings. The van der Waals surface area contributed by atoms with Crippen molar-refractivity contribution in [3.63, 3.8) is 0 Å². The fraction of sp³-hybridized carbons (Fsp3) is 0.833. The number of likely N-dealkylation sites (tertiary alicyclic amines) is 1. The van der Waals surface area contributed by atoms with Crippen LogP contribution in [0.2, 0.25) is 0 Å². The average molecular weight is 242 g/mol. The van der Waals surface area contributed by atoms with Crippen LogP contribution < -0.4 is 5.73 Å². The second-order valence-corrected chi connectivity index (χ2v) is 5.38. The van der Waals surface area contributed by atoms with Gasteiger partial charge in [0.15, 0.2) is 0 Å². The van der Waals surface area contributed by atoms with Gasteiger partial charge in [0, 0.05) is 6.54 Å². The lowest BCUT2D eigenvalue weighted by molar-refractivity contribution is -0.159. The molecule has 0 radical (unpaired) electrons. The summed E-state index contributed by atoms with van der Waals surface area (Å²) in [4.78, 5) is 24.9. The first-order valence-electron chi connectivity index (χ1n) is 6.10. The molecule has 1 rings (SSSR count). The van der Waals surface area contributed by atoms with E-state index in [1.807, 2.05) is 20.8 Å². The minimum Gasteiger partial charge on any atom is -0.480 e. The molecule has 1 unspecified atom stereocenters. The Morgan fingerprint density at radius 1 is 1.53 bits per heavy atom. The first-order chi connectivity index (χ1) is 7.81. The first-order valence-corrected chi connectivity index (χ1v) is 6.10. The molecular weight excluding hydrogens is 220 g/mol. The van der Waals surface area contributed by atoms with Gasteiger partial charge in [-0.3, -0.25) is 4.79 Å². The Morgan fingerprint density at radius 3 is 2.59 bits per heavy atom. The number of carboxylic acids is 1. The summed E-state index contributed by atoms with van der Waals surface area (Å²) in [7, 11) is 0. The Kier molecular flexibility index (Phi) is 4.14. The molecular formula is C12H22N2O3. The molecule has 17 heavy (non-hydrogen) atoms. The Morgan fingerprint density at radius 2 is 2.12 bits per heavy atom. The summed E-state index contributed by atoms with van der Waals surface area (Å²) >= 11 is 0. The van der Waals surface area contributed by atoms with Crippen molar-refractivity contribution in [2.45, 2.75) is 52.1 Å². The lowest BCUT2D eigenvalue weighted by Gasteiger charge is -2.44. The summed E-state index contributed by atoms with van der Waals surface area (Å²) in [5.74, 6) is -1.18. The van der Waals surface area contributed by atoms with Crippen molar-refractivity contribution in [3.05, 3.63) is 0 Å². The van der Waals surface area contributed by atoms with Crippen molar-refractivity contribution in [2.75, 3.05) is 6.54 Å². The van der Waals surface area contributed by atoms with Crippen LogP contribution in [0.4, 0.5) is 0 Å². The van der Waals surface area contributed by atoms with Crippen molar-refractivity contribution >= 4 is 11.9 Å². The number of nitrogens with zero attached hydrogens (tertiary/aromatic N) is 1. The molecule has 0 bridgehead atoms. The summed E-state index contributed by atoms with van der Waals surface area (Å²) in [5, 5.41) is 9.31. The van der Waals surface area contributed by atoms with E-state index in [-0.39, 0.29) is 5.91 Å². The van der Waals surface area contributed by atoms with Gasteiger partial charge in [-0.2, -0.15) is 0 Å². The molecule has 2 atom stereocenters. The van der Waals surface area contributed by atoms with Crippen molar-refractivity contribution in [3.8, 4) is 0 Å². The normalized spacial score (nSPS) is 25.4. The first kappa shape index (κ1) is 14.0.